The van der Waals surface area contributed by atoms with Crippen LogP contribution in [0, 0.1) is 0 Å². The molecule has 1 amide bonds. The molecule has 0 spiro atoms. The zero-order valence-electron chi connectivity index (χ0n) is 14.0. The van der Waals surface area contributed by atoms with Crippen molar-refractivity contribution in [1.82, 2.24) is 10.2 Å². The average molecular weight is 304 g/mol. The van der Waals surface area contributed by atoms with Crippen LogP contribution in [0.5, 0.6) is 0 Å². The third kappa shape index (κ3) is 5.68. The fraction of sp³-hybridized carbons (Fsp3) is 0.611. The van der Waals surface area contributed by atoms with Crippen LogP contribution < -0.4 is 5.32 Å². The largest absolute Gasteiger partial charge is 0.444 e. The van der Waals surface area contributed by atoms with Crippen LogP contribution in [0.3, 0.4) is 0 Å². The van der Waals surface area contributed by atoms with E-state index < -0.39 is 5.60 Å². The van der Waals surface area contributed by atoms with Crippen LogP contribution in [0.15, 0.2) is 30.3 Å². The normalized spacial score (nSPS) is 18.5. The fourth-order valence-corrected chi connectivity index (χ4v) is 2.66. The van der Waals surface area contributed by atoms with Crippen LogP contribution in [-0.4, -0.2) is 42.3 Å². The highest BCUT2D eigenvalue weighted by atomic mass is 16.6. The Labute approximate surface area is 133 Å². The molecule has 4 nitrogen and oxygen atoms in total. The molecule has 1 aromatic carbocycles. The first-order valence-electron chi connectivity index (χ1n) is 8.19. The van der Waals surface area contributed by atoms with Gasteiger partial charge in [-0.3, -0.25) is 0 Å². The molecule has 4 heteroatoms. The molecule has 0 unspecified atom stereocenters. The van der Waals surface area contributed by atoms with Crippen molar-refractivity contribution in [1.29, 1.82) is 0 Å². The minimum atomic E-state index is -0.418. The van der Waals surface area contributed by atoms with Crippen molar-refractivity contribution in [2.75, 3.05) is 19.6 Å². The van der Waals surface area contributed by atoms with Gasteiger partial charge in [0.2, 0.25) is 0 Å². The van der Waals surface area contributed by atoms with Gasteiger partial charge >= 0.3 is 6.09 Å². The van der Waals surface area contributed by atoms with E-state index in [4.69, 9.17) is 4.74 Å². The van der Waals surface area contributed by atoms with Gasteiger partial charge in [-0.1, -0.05) is 30.3 Å². The summed E-state index contributed by atoms with van der Waals surface area (Å²) >= 11 is 0. The summed E-state index contributed by atoms with van der Waals surface area (Å²) in [5, 5.41) is 3.55. The van der Waals surface area contributed by atoms with Gasteiger partial charge in [0, 0.05) is 19.1 Å². The first-order valence-corrected chi connectivity index (χ1v) is 8.19. The van der Waals surface area contributed by atoms with E-state index in [0.29, 0.717) is 6.04 Å². The number of nitrogens with one attached hydrogen (secondary N) is 1. The smallest absolute Gasteiger partial charge is 0.410 e. The van der Waals surface area contributed by atoms with E-state index in [1.54, 1.807) is 4.90 Å². The molecule has 0 aromatic heterocycles. The number of likely N-dealkylation sites (tertiary alicyclic amines) is 1. The first kappa shape index (κ1) is 16.8. The topological polar surface area (TPSA) is 41.6 Å². The Morgan fingerprint density at radius 1 is 1.32 bits per heavy atom. The molecule has 1 N–H and O–H groups in total. The van der Waals surface area contributed by atoms with Crippen LogP contribution in [0.2, 0.25) is 0 Å². The summed E-state index contributed by atoms with van der Waals surface area (Å²) in [5.41, 5.74) is 0.962. The molecular formula is C18H28N2O2. The quantitative estimate of drug-likeness (QED) is 0.849. The molecule has 1 saturated heterocycles. The Balaban J connectivity index is 1.63. The third-order valence-corrected chi connectivity index (χ3v) is 3.76. The zero-order chi connectivity index (χ0) is 16.0. The summed E-state index contributed by atoms with van der Waals surface area (Å²) in [6.07, 6.45) is 3.02. The lowest BCUT2D eigenvalue weighted by atomic mass is 10.1. The number of amides is 1. The Bertz CT molecular complexity index is 468. The predicted molar refractivity (Wildman–Crippen MR) is 89.0 cm³/mol. The third-order valence-electron chi connectivity index (χ3n) is 3.76. The lowest BCUT2D eigenvalue weighted by Gasteiger charge is -2.24. The van der Waals surface area contributed by atoms with Gasteiger partial charge in [0.15, 0.2) is 0 Å². The maximum Gasteiger partial charge on any atom is 0.410 e. The highest BCUT2D eigenvalue weighted by Gasteiger charge is 2.29. The number of carbonyl (C=O) groups excluding carboxylic acids is 1. The summed E-state index contributed by atoms with van der Waals surface area (Å²) in [6.45, 7) is 8.23. The van der Waals surface area contributed by atoms with E-state index in [1.165, 1.54) is 5.56 Å². The number of hydrogen-bond donors (Lipinski definition) is 1. The minimum Gasteiger partial charge on any atom is -0.444 e. The number of ether oxygens (including phenoxy) is 1. The predicted octanol–water partition coefficient (Wildman–Crippen LogP) is 3.22. The Hall–Kier alpha value is -1.55. The van der Waals surface area contributed by atoms with E-state index in [9.17, 15) is 4.79 Å². The highest BCUT2D eigenvalue weighted by molar-refractivity contribution is 5.68. The molecule has 1 aromatic rings. The van der Waals surface area contributed by atoms with Gasteiger partial charge in [-0.15, -0.1) is 0 Å². The van der Waals surface area contributed by atoms with Gasteiger partial charge in [-0.05, 0) is 52.1 Å². The number of hydrogen-bond acceptors (Lipinski definition) is 3. The van der Waals surface area contributed by atoms with E-state index >= 15 is 0 Å². The molecule has 0 bridgehead atoms. The second-order valence-corrected chi connectivity index (χ2v) is 6.96. The first-order chi connectivity index (χ1) is 10.4. The number of nitrogens with zero attached hydrogens (tertiary/aromatic N) is 1. The Kier molecular flexibility index (Phi) is 5.83. The summed E-state index contributed by atoms with van der Waals surface area (Å²) < 4.78 is 5.41. The monoisotopic (exact) mass is 304 g/mol. The molecule has 122 valence electrons. The van der Waals surface area contributed by atoms with Crippen LogP contribution in [0.1, 0.15) is 39.2 Å². The Morgan fingerprint density at radius 3 is 2.73 bits per heavy atom. The van der Waals surface area contributed by atoms with Gasteiger partial charge in [-0.2, -0.15) is 0 Å². The molecule has 0 radical (unpaired) electrons. The molecule has 1 heterocycles. The highest BCUT2D eigenvalue weighted by Crippen LogP contribution is 2.15. The summed E-state index contributed by atoms with van der Waals surface area (Å²) in [6, 6.07) is 10.9. The van der Waals surface area contributed by atoms with Crippen LogP contribution in [-0.2, 0) is 11.2 Å². The van der Waals surface area contributed by atoms with Crippen LogP contribution in [0.25, 0.3) is 0 Å². The van der Waals surface area contributed by atoms with Crippen molar-refractivity contribution in [2.24, 2.45) is 0 Å². The minimum absolute atomic E-state index is 0.193. The van der Waals surface area contributed by atoms with Crippen molar-refractivity contribution in [2.45, 2.75) is 51.7 Å². The van der Waals surface area contributed by atoms with Crippen molar-refractivity contribution in [3.63, 3.8) is 0 Å². The number of aryl methyl sites for hydroxylation is 1. The van der Waals surface area contributed by atoms with Crippen molar-refractivity contribution in [3.8, 4) is 0 Å². The molecule has 22 heavy (non-hydrogen) atoms. The van der Waals surface area contributed by atoms with Gasteiger partial charge in [0.25, 0.3) is 0 Å². The van der Waals surface area contributed by atoms with Gasteiger partial charge in [0.05, 0.1) is 0 Å². The summed E-state index contributed by atoms with van der Waals surface area (Å²) in [5.74, 6) is 0. The van der Waals surface area contributed by atoms with Crippen molar-refractivity contribution < 1.29 is 9.53 Å². The van der Waals surface area contributed by atoms with Gasteiger partial charge in [0.1, 0.15) is 5.60 Å². The number of benzene rings is 1. The molecule has 0 saturated carbocycles. The van der Waals surface area contributed by atoms with Crippen molar-refractivity contribution in [3.05, 3.63) is 35.9 Å². The standard InChI is InChI=1S/C18H28N2O2/c1-18(2,3)22-17(21)20-13-11-16(14-20)19-12-7-10-15-8-5-4-6-9-15/h4-6,8-9,16,19H,7,10-14H2,1-3H3/t16-/m1/s1. The summed E-state index contributed by atoms with van der Waals surface area (Å²) in [4.78, 5) is 13.8. The molecule has 0 aliphatic carbocycles. The number of rotatable bonds is 5. The van der Waals surface area contributed by atoms with E-state index in [2.05, 4.69) is 29.6 Å². The summed E-state index contributed by atoms with van der Waals surface area (Å²) in [7, 11) is 0. The lowest BCUT2D eigenvalue weighted by molar-refractivity contribution is 0.0291. The second kappa shape index (κ2) is 7.63. The van der Waals surface area contributed by atoms with Gasteiger partial charge < -0.3 is 15.0 Å². The van der Waals surface area contributed by atoms with Crippen LogP contribution >= 0.6 is 0 Å². The molecular weight excluding hydrogens is 276 g/mol. The van der Waals surface area contributed by atoms with E-state index in [0.717, 1.165) is 38.9 Å². The lowest BCUT2D eigenvalue weighted by Crippen LogP contribution is -2.38. The maximum atomic E-state index is 12.0. The fourth-order valence-electron chi connectivity index (χ4n) is 2.66. The molecule has 1 aliphatic rings. The Morgan fingerprint density at radius 2 is 2.05 bits per heavy atom. The van der Waals surface area contributed by atoms with Crippen molar-refractivity contribution >= 4 is 6.09 Å². The van der Waals surface area contributed by atoms with Gasteiger partial charge in [-0.25, -0.2) is 4.79 Å². The average Bonchev–Trinajstić information content (AvgIpc) is 2.92. The molecule has 1 aliphatic heterocycles. The van der Waals surface area contributed by atoms with E-state index in [-0.39, 0.29) is 6.09 Å². The molecule has 1 atom stereocenters. The zero-order valence-corrected chi connectivity index (χ0v) is 14.0. The van der Waals surface area contributed by atoms with Crippen LogP contribution in [0.4, 0.5) is 4.79 Å². The molecule has 1 fully saturated rings. The SMILES string of the molecule is CC(C)(C)OC(=O)N1CC[C@@H](NCCCc2ccccc2)C1. The maximum absolute atomic E-state index is 12.0. The molecule has 2 rings (SSSR count). The van der Waals surface area contributed by atoms with E-state index in [1.807, 2.05) is 26.8 Å². The number of carbonyl (C=O) groups is 1. The second-order valence-electron chi connectivity index (χ2n) is 6.96.